The number of thiazole rings is 1. The Bertz CT molecular complexity index is 847. The second-order valence-electron chi connectivity index (χ2n) is 6.99. The number of amides is 1. The second-order valence-corrected chi connectivity index (χ2v) is 8.02. The number of carbonyl (C=O) groups is 1. The van der Waals surface area contributed by atoms with Gasteiger partial charge in [0.2, 0.25) is 5.91 Å². The molecule has 2 aromatic carbocycles. The smallest absolute Gasteiger partial charge is 0.226 e. The van der Waals surface area contributed by atoms with E-state index in [1.165, 1.54) is 22.5 Å². The van der Waals surface area contributed by atoms with E-state index in [4.69, 9.17) is 0 Å². The number of aromatic nitrogens is 1. The molecule has 1 aromatic heterocycles. The van der Waals surface area contributed by atoms with Gasteiger partial charge in [0.05, 0.1) is 10.2 Å². The first-order chi connectivity index (χ1) is 11.4. The summed E-state index contributed by atoms with van der Waals surface area (Å²) in [5.74, 6) is 0.00829. The minimum atomic E-state index is 0.00829. The molecule has 0 spiro atoms. The zero-order chi connectivity index (χ0) is 17.2. The van der Waals surface area contributed by atoms with Crippen molar-refractivity contribution in [2.45, 2.75) is 39.0 Å². The van der Waals surface area contributed by atoms with Crippen molar-refractivity contribution in [3.05, 3.63) is 59.7 Å². The lowest BCUT2D eigenvalue weighted by Gasteiger charge is -2.18. The molecule has 0 radical (unpaired) electrons. The van der Waals surface area contributed by atoms with Crippen LogP contribution in [0.5, 0.6) is 0 Å². The van der Waals surface area contributed by atoms with Crippen molar-refractivity contribution in [1.29, 1.82) is 0 Å². The van der Waals surface area contributed by atoms with Crippen LogP contribution in [0.25, 0.3) is 10.2 Å². The molecule has 0 aliphatic rings. The minimum absolute atomic E-state index is 0.00829. The molecule has 4 heteroatoms. The molecule has 0 saturated heterocycles. The highest BCUT2D eigenvalue weighted by molar-refractivity contribution is 7.22. The lowest BCUT2D eigenvalue weighted by molar-refractivity contribution is -0.116. The van der Waals surface area contributed by atoms with E-state index in [1.54, 1.807) is 0 Å². The van der Waals surface area contributed by atoms with E-state index in [9.17, 15) is 4.79 Å². The van der Waals surface area contributed by atoms with Gasteiger partial charge >= 0.3 is 0 Å². The fraction of sp³-hybridized carbons (Fsp3) is 0.300. The van der Waals surface area contributed by atoms with Crippen LogP contribution < -0.4 is 5.32 Å². The van der Waals surface area contributed by atoms with E-state index in [1.807, 2.05) is 36.4 Å². The molecule has 3 nitrogen and oxygen atoms in total. The molecule has 0 unspecified atom stereocenters. The van der Waals surface area contributed by atoms with Crippen molar-refractivity contribution < 1.29 is 4.79 Å². The largest absolute Gasteiger partial charge is 0.302 e. The van der Waals surface area contributed by atoms with Crippen molar-refractivity contribution >= 4 is 32.6 Å². The van der Waals surface area contributed by atoms with Gasteiger partial charge in [-0.05, 0) is 35.1 Å². The molecule has 3 rings (SSSR count). The van der Waals surface area contributed by atoms with Crippen LogP contribution in [0.15, 0.2) is 48.5 Å². The molecule has 0 aliphatic heterocycles. The van der Waals surface area contributed by atoms with E-state index < -0.39 is 0 Å². The molecule has 1 amide bonds. The fourth-order valence-corrected chi connectivity index (χ4v) is 3.45. The highest BCUT2D eigenvalue weighted by atomic mass is 32.1. The number of rotatable bonds is 4. The van der Waals surface area contributed by atoms with Crippen LogP contribution in [0, 0.1) is 0 Å². The third kappa shape index (κ3) is 4.01. The average Bonchev–Trinajstić information content (AvgIpc) is 2.94. The summed E-state index contributed by atoms with van der Waals surface area (Å²) in [6, 6.07) is 16.4. The first-order valence-corrected chi connectivity index (χ1v) is 8.98. The quantitative estimate of drug-likeness (QED) is 0.713. The number of anilines is 1. The highest BCUT2D eigenvalue weighted by Gasteiger charge is 2.15. The van der Waals surface area contributed by atoms with Crippen LogP contribution in [-0.2, 0) is 16.6 Å². The van der Waals surface area contributed by atoms with Gasteiger partial charge in [0.15, 0.2) is 5.13 Å². The number of hydrogen-bond donors (Lipinski definition) is 1. The Hall–Kier alpha value is -2.20. The van der Waals surface area contributed by atoms with Crippen LogP contribution in [0.4, 0.5) is 5.13 Å². The Morgan fingerprint density at radius 1 is 1.12 bits per heavy atom. The second kappa shape index (κ2) is 6.73. The number of aryl methyl sites for hydroxylation is 1. The van der Waals surface area contributed by atoms with E-state index in [-0.39, 0.29) is 11.3 Å². The standard InChI is InChI=1S/C20H22N2OS/c1-20(2,3)15-10-11-16-17(13-15)24-19(21-16)22-18(23)12-9-14-7-5-4-6-8-14/h4-8,10-11,13H,9,12H2,1-3H3,(H,21,22,23). The van der Waals surface area contributed by atoms with Crippen LogP contribution in [-0.4, -0.2) is 10.9 Å². The highest BCUT2D eigenvalue weighted by Crippen LogP contribution is 2.31. The summed E-state index contributed by atoms with van der Waals surface area (Å²) in [5.41, 5.74) is 3.50. The van der Waals surface area contributed by atoms with E-state index in [0.717, 1.165) is 16.6 Å². The number of nitrogens with one attached hydrogen (secondary N) is 1. The summed E-state index contributed by atoms with van der Waals surface area (Å²) in [6.45, 7) is 6.59. The number of hydrogen-bond acceptors (Lipinski definition) is 3. The van der Waals surface area contributed by atoms with Gasteiger partial charge in [0.1, 0.15) is 0 Å². The molecule has 0 bridgehead atoms. The number of carbonyl (C=O) groups excluding carboxylic acids is 1. The summed E-state index contributed by atoms with van der Waals surface area (Å²) in [7, 11) is 0. The van der Waals surface area contributed by atoms with Crippen molar-refractivity contribution in [1.82, 2.24) is 4.98 Å². The molecular weight excluding hydrogens is 316 g/mol. The predicted molar refractivity (Wildman–Crippen MR) is 102 cm³/mol. The van der Waals surface area contributed by atoms with Gasteiger partial charge < -0.3 is 5.32 Å². The summed E-state index contributed by atoms with van der Waals surface area (Å²) in [4.78, 5) is 16.7. The van der Waals surface area contributed by atoms with Crippen molar-refractivity contribution in [2.75, 3.05) is 5.32 Å². The van der Waals surface area contributed by atoms with Gasteiger partial charge in [0.25, 0.3) is 0 Å². The van der Waals surface area contributed by atoms with Crippen molar-refractivity contribution in [3.8, 4) is 0 Å². The Balaban J connectivity index is 1.67. The van der Waals surface area contributed by atoms with Crippen molar-refractivity contribution in [2.24, 2.45) is 0 Å². The molecule has 3 aromatic rings. The van der Waals surface area contributed by atoms with Crippen LogP contribution in [0.2, 0.25) is 0 Å². The fourth-order valence-electron chi connectivity index (χ4n) is 2.53. The Morgan fingerprint density at radius 2 is 1.88 bits per heavy atom. The van der Waals surface area contributed by atoms with Gasteiger partial charge in [-0.2, -0.15) is 0 Å². The molecule has 1 N–H and O–H groups in total. The zero-order valence-electron chi connectivity index (χ0n) is 14.3. The molecule has 1 heterocycles. The van der Waals surface area contributed by atoms with Gasteiger partial charge in [-0.3, -0.25) is 4.79 Å². The molecule has 0 saturated carbocycles. The molecular formula is C20H22N2OS. The number of nitrogens with zero attached hydrogens (tertiary/aromatic N) is 1. The maximum atomic E-state index is 12.1. The van der Waals surface area contributed by atoms with Crippen LogP contribution >= 0.6 is 11.3 Å². The van der Waals surface area contributed by atoms with Gasteiger partial charge in [-0.15, -0.1) is 0 Å². The van der Waals surface area contributed by atoms with E-state index in [2.05, 4.69) is 43.2 Å². The molecule has 0 atom stereocenters. The number of benzene rings is 2. The normalized spacial score (nSPS) is 11.6. The lowest BCUT2D eigenvalue weighted by Crippen LogP contribution is -2.11. The third-order valence-corrected chi connectivity index (χ3v) is 4.92. The molecule has 0 fully saturated rings. The van der Waals surface area contributed by atoms with E-state index in [0.29, 0.717) is 11.6 Å². The summed E-state index contributed by atoms with van der Waals surface area (Å²) in [6.07, 6.45) is 1.21. The topological polar surface area (TPSA) is 42.0 Å². The monoisotopic (exact) mass is 338 g/mol. The first kappa shape index (κ1) is 16.7. The summed E-state index contributed by atoms with van der Waals surface area (Å²) < 4.78 is 1.11. The third-order valence-electron chi connectivity index (χ3n) is 3.98. The lowest BCUT2D eigenvalue weighted by atomic mass is 9.87. The maximum absolute atomic E-state index is 12.1. The Morgan fingerprint density at radius 3 is 2.58 bits per heavy atom. The van der Waals surface area contributed by atoms with Crippen molar-refractivity contribution in [3.63, 3.8) is 0 Å². The predicted octanol–water partition coefficient (Wildman–Crippen LogP) is 5.17. The average molecular weight is 338 g/mol. The SMILES string of the molecule is CC(C)(C)c1ccc2nc(NC(=O)CCc3ccccc3)sc2c1. The number of fused-ring (bicyclic) bond motifs is 1. The van der Waals surface area contributed by atoms with Gasteiger partial charge in [-0.25, -0.2) is 4.98 Å². The Labute approximate surface area is 146 Å². The zero-order valence-corrected chi connectivity index (χ0v) is 15.1. The summed E-state index contributed by atoms with van der Waals surface area (Å²) in [5, 5.41) is 3.60. The van der Waals surface area contributed by atoms with E-state index >= 15 is 0 Å². The molecule has 24 heavy (non-hydrogen) atoms. The first-order valence-electron chi connectivity index (χ1n) is 8.17. The Kier molecular flexibility index (Phi) is 4.67. The van der Waals surface area contributed by atoms with Gasteiger partial charge in [0, 0.05) is 6.42 Å². The summed E-state index contributed by atoms with van der Waals surface area (Å²) >= 11 is 1.53. The van der Waals surface area contributed by atoms with Crippen LogP contribution in [0.1, 0.15) is 38.3 Å². The molecule has 124 valence electrons. The van der Waals surface area contributed by atoms with Crippen LogP contribution in [0.3, 0.4) is 0 Å². The molecule has 0 aliphatic carbocycles. The minimum Gasteiger partial charge on any atom is -0.302 e. The maximum Gasteiger partial charge on any atom is 0.226 e. The van der Waals surface area contributed by atoms with Gasteiger partial charge in [-0.1, -0.05) is 68.5 Å².